The summed E-state index contributed by atoms with van der Waals surface area (Å²) in [6, 6.07) is 10.5. The Morgan fingerprint density at radius 2 is 1.92 bits per heavy atom. The summed E-state index contributed by atoms with van der Waals surface area (Å²) in [7, 11) is 0. The molecule has 1 fully saturated rings. The van der Waals surface area contributed by atoms with Gasteiger partial charge in [0.25, 0.3) is 0 Å². The Morgan fingerprint density at radius 3 is 2.52 bits per heavy atom. The first-order chi connectivity index (χ1) is 12.1. The number of carbonyl (C=O) groups is 1. The Morgan fingerprint density at radius 1 is 1.24 bits per heavy atom. The number of nitrogens with zero attached hydrogens (tertiary/aromatic N) is 2. The second-order valence-electron chi connectivity index (χ2n) is 6.66. The molecule has 1 amide bonds. The van der Waals surface area contributed by atoms with Crippen LogP contribution < -0.4 is 16.0 Å². The van der Waals surface area contributed by atoms with E-state index in [9.17, 15) is 4.79 Å². The predicted molar refractivity (Wildman–Crippen MR) is 104 cm³/mol. The van der Waals surface area contributed by atoms with Gasteiger partial charge < -0.3 is 20.9 Å². The van der Waals surface area contributed by atoms with Crippen molar-refractivity contribution in [3.8, 4) is 0 Å². The summed E-state index contributed by atoms with van der Waals surface area (Å²) in [5.41, 5.74) is 0.793. The van der Waals surface area contributed by atoms with E-state index in [0.717, 1.165) is 38.2 Å². The number of carbonyl (C=O) groups excluding carboxylic acids is 1. The van der Waals surface area contributed by atoms with Crippen molar-refractivity contribution in [2.45, 2.75) is 45.7 Å². The van der Waals surface area contributed by atoms with Crippen LogP contribution in [0.25, 0.3) is 0 Å². The summed E-state index contributed by atoms with van der Waals surface area (Å²) in [5, 5.41) is 9.55. The van der Waals surface area contributed by atoms with Gasteiger partial charge in [0, 0.05) is 37.4 Å². The van der Waals surface area contributed by atoms with Crippen molar-refractivity contribution in [3.05, 3.63) is 30.3 Å². The minimum atomic E-state index is -0.113. The van der Waals surface area contributed by atoms with Crippen LogP contribution in [0.2, 0.25) is 0 Å². The highest BCUT2D eigenvalue weighted by molar-refractivity contribution is 5.94. The van der Waals surface area contributed by atoms with Crippen LogP contribution in [0.3, 0.4) is 0 Å². The largest absolute Gasteiger partial charge is 0.357 e. The average Bonchev–Trinajstić information content (AvgIpc) is 2.61. The molecule has 138 valence electrons. The zero-order valence-electron chi connectivity index (χ0n) is 15.6. The first kappa shape index (κ1) is 19.2. The minimum absolute atomic E-state index is 0.106. The van der Waals surface area contributed by atoms with Crippen LogP contribution in [0.5, 0.6) is 0 Å². The van der Waals surface area contributed by atoms with Crippen molar-refractivity contribution >= 4 is 17.6 Å². The quantitative estimate of drug-likeness (QED) is 0.545. The maximum absolute atomic E-state index is 12.1. The zero-order chi connectivity index (χ0) is 18.1. The van der Waals surface area contributed by atoms with E-state index in [2.05, 4.69) is 39.7 Å². The molecule has 1 saturated heterocycles. The third kappa shape index (κ3) is 6.74. The van der Waals surface area contributed by atoms with Gasteiger partial charge in [-0.2, -0.15) is 0 Å². The van der Waals surface area contributed by atoms with E-state index in [1.54, 1.807) is 0 Å². The third-order valence-corrected chi connectivity index (χ3v) is 4.38. The van der Waals surface area contributed by atoms with Crippen LogP contribution in [-0.2, 0) is 4.79 Å². The van der Waals surface area contributed by atoms with Gasteiger partial charge in [0.1, 0.15) is 6.54 Å². The number of nitrogens with one attached hydrogen (secondary N) is 3. The molecule has 0 unspecified atom stereocenters. The minimum Gasteiger partial charge on any atom is -0.357 e. The molecule has 0 aliphatic carbocycles. The molecule has 1 aliphatic rings. The van der Waals surface area contributed by atoms with E-state index >= 15 is 0 Å². The lowest BCUT2D eigenvalue weighted by Crippen LogP contribution is -2.50. The standard InChI is InChI=1S/C19H31N5O/c1-4-20-19(23-17-10-12-24(13-11-17)15(2)3)21-14-18(25)22-16-8-6-5-7-9-16/h5-9,15,17H,4,10-14H2,1-3H3,(H,22,25)(H2,20,21,23). The molecule has 0 bridgehead atoms. The number of aliphatic imine (C=N–C) groups is 1. The molecule has 6 nitrogen and oxygen atoms in total. The molecule has 25 heavy (non-hydrogen) atoms. The van der Waals surface area contributed by atoms with E-state index in [4.69, 9.17) is 0 Å². The van der Waals surface area contributed by atoms with Gasteiger partial charge in [-0.25, -0.2) is 4.99 Å². The molecule has 1 aliphatic heterocycles. The van der Waals surface area contributed by atoms with Gasteiger partial charge in [-0.3, -0.25) is 4.79 Å². The van der Waals surface area contributed by atoms with Crippen molar-refractivity contribution in [3.63, 3.8) is 0 Å². The van der Waals surface area contributed by atoms with Crippen molar-refractivity contribution in [2.24, 2.45) is 4.99 Å². The normalized spacial score (nSPS) is 16.7. The second-order valence-corrected chi connectivity index (χ2v) is 6.66. The van der Waals surface area contributed by atoms with E-state index in [-0.39, 0.29) is 12.5 Å². The molecule has 0 saturated carbocycles. The Bertz CT molecular complexity index is 550. The van der Waals surface area contributed by atoms with E-state index in [1.165, 1.54) is 0 Å². The molecular weight excluding hydrogens is 314 g/mol. The molecular formula is C19H31N5O. The zero-order valence-corrected chi connectivity index (χ0v) is 15.6. The van der Waals surface area contributed by atoms with Gasteiger partial charge in [0.15, 0.2) is 5.96 Å². The molecule has 0 atom stereocenters. The number of hydrogen-bond acceptors (Lipinski definition) is 3. The van der Waals surface area contributed by atoms with Gasteiger partial charge in [-0.15, -0.1) is 0 Å². The van der Waals surface area contributed by atoms with Crippen molar-refractivity contribution in [1.82, 2.24) is 15.5 Å². The van der Waals surface area contributed by atoms with Gasteiger partial charge in [-0.1, -0.05) is 18.2 Å². The Hall–Kier alpha value is -2.08. The monoisotopic (exact) mass is 345 g/mol. The van der Waals surface area contributed by atoms with E-state index in [0.29, 0.717) is 18.0 Å². The number of amides is 1. The van der Waals surface area contributed by atoms with Crippen LogP contribution in [0.4, 0.5) is 5.69 Å². The fourth-order valence-electron chi connectivity index (χ4n) is 2.95. The molecule has 2 rings (SSSR count). The summed E-state index contributed by atoms with van der Waals surface area (Å²) in [5.74, 6) is 0.603. The third-order valence-electron chi connectivity index (χ3n) is 4.38. The Kier molecular flexibility index (Phi) is 7.73. The second kappa shape index (κ2) is 10.0. The first-order valence-electron chi connectivity index (χ1n) is 9.22. The van der Waals surface area contributed by atoms with Gasteiger partial charge >= 0.3 is 0 Å². The number of piperidine rings is 1. The number of rotatable bonds is 6. The lowest BCUT2D eigenvalue weighted by atomic mass is 10.0. The molecule has 1 aromatic rings. The lowest BCUT2D eigenvalue weighted by Gasteiger charge is -2.35. The van der Waals surface area contributed by atoms with E-state index in [1.807, 2.05) is 37.3 Å². The molecule has 0 radical (unpaired) electrons. The van der Waals surface area contributed by atoms with Crippen LogP contribution in [0.1, 0.15) is 33.6 Å². The average molecular weight is 345 g/mol. The highest BCUT2D eigenvalue weighted by atomic mass is 16.1. The molecule has 1 heterocycles. The van der Waals surface area contributed by atoms with Crippen molar-refractivity contribution in [2.75, 3.05) is 31.5 Å². The number of guanidine groups is 1. The SMILES string of the molecule is CCNC(=NCC(=O)Nc1ccccc1)NC1CCN(C(C)C)CC1. The Balaban J connectivity index is 1.83. The van der Waals surface area contributed by atoms with Gasteiger partial charge in [0.2, 0.25) is 5.91 Å². The summed E-state index contributed by atoms with van der Waals surface area (Å²) in [6.45, 7) is 9.59. The van der Waals surface area contributed by atoms with Gasteiger partial charge in [0.05, 0.1) is 0 Å². The summed E-state index contributed by atoms with van der Waals surface area (Å²) < 4.78 is 0. The van der Waals surface area contributed by atoms with Crippen LogP contribution >= 0.6 is 0 Å². The predicted octanol–water partition coefficient (Wildman–Crippen LogP) is 2.05. The maximum atomic E-state index is 12.1. The molecule has 6 heteroatoms. The number of para-hydroxylation sites is 1. The maximum Gasteiger partial charge on any atom is 0.246 e. The first-order valence-corrected chi connectivity index (χ1v) is 9.22. The number of anilines is 1. The lowest BCUT2D eigenvalue weighted by molar-refractivity contribution is -0.114. The summed E-state index contributed by atoms with van der Waals surface area (Å²) in [6.07, 6.45) is 2.19. The van der Waals surface area contributed by atoms with Crippen LogP contribution in [-0.4, -0.2) is 55.0 Å². The van der Waals surface area contributed by atoms with Crippen molar-refractivity contribution < 1.29 is 4.79 Å². The molecule has 0 spiro atoms. The smallest absolute Gasteiger partial charge is 0.246 e. The van der Waals surface area contributed by atoms with Gasteiger partial charge in [-0.05, 0) is 45.7 Å². The number of benzene rings is 1. The number of likely N-dealkylation sites (tertiary alicyclic amines) is 1. The van der Waals surface area contributed by atoms with E-state index < -0.39 is 0 Å². The fourth-order valence-corrected chi connectivity index (χ4v) is 2.95. The molecule has 1 aromatic carbocycles. The summed E-state index contributed by atoms with van der Waals surface area (Å²) in [4.78, 5) is 19.0. The topological polar surface area (TPSA) is 68.8 Å². The van der Waals surface area contributed by atoms with Crippen LogP contribution in [0, 0.1) is 0 Å². The van der Waals surface area contributed by atoms with Crippen LogP contribution in [0.15, 0.2) is 35.3 Å². The summed E-state index contributed by atoms with van der Waals surface area (Å²) >= 11 is 0. The highest BCUT2D eigenvalue weighted by Gasteiger charge is 2.21. The number of hydrogen-bond donors (Lipinski definition) is 3. The fraction of sp³-hybridized carbons (Fsp3) is 0.579. The Labute approximate surface area is 151 Å². The molecule has 3 N–H and O–H groups in total. The van der Waals surface area contributed by atoms with Crippen molar-refractivity contribution in [1.29, 1.82) is 0 Å². The molecule has 0 aromatic heterocycles. The highest BCUT2D eigenvalue weighted by Crippen LogP contribution is 2.12.